The Hall–Kier alpha value is -0.960. The van der Waals surface area contributed by atoms with Gasteiger partial charge in [-0.25, -0.2) is 8.78 Å². The van der Waals surface area contributed by atoms with Crippen molar-refractivity contribution < 1.29 is 8.78 Å². The summed E-state index contributed by atoms with van der Waals surface area (Å²) in [5, 5.41) is 3.39. The number of alkyl halides is 2. The summed E-state index contributed by atoms with van der Waals surface area (Å²) in [4.78, 5) is 0. The van der Waals surface area contributed by atoms with Gasteiger partial charge in [0, 0.05) is 11.6 Å². The SMILES string of the molecule is CCCNC(C)CCc1cccc(C(F)F)c1. The van der Waals surface area contributed by atoms with Crippen LogP contribution in [-0.4, -0.2) is 12.6 Å². The van der Waals surface area contributed by atoms with Crippen LogP contribution in [0.15, 0.2) is 24.3 Å². The monoisotopic (exact) mass is 241 g/mol. The van der Waals surface area contributed by atoms with E-state index in [-0.39, 0.29) is 5.56 Å². The van der Waals surface area contributed by atoms with E-state index in [1.54, 1.807) is 12.1 Å². The Morgan fingerprint density at radius 1 is 1.29 bits per heavy atom. The molecule has 0 aliphatic carbocycles. The minimum Gasteiger partial charge on any atom is -0.314 e. The second-order valence-corrected chi connectivity index (χ2v) is 4.44. The van der Waals surface area contributed by atoms with Crippen LogP contribution in [-0.2, 0) is 6.42 Å². The minimum atomic E-state index is -2.37. The van der Waals surface area contributed by atoms with Crippen molar-refractivity contribution in [3.05, 3.63) is 35.4 Å². The molecule has 1 rings (SSSR count). The molecule has 1 N–H and O–H groups in total. The van der Waals surface area contributed by atoms with Crippen LogP contribution in [0.25, 0.3) is 0 Å². The minimum absolute atomic E-state index is 0.122. The zero-order chi connectivity index (χ0) is 12.7. The van der Waals surface area contributed by atoms with Crippen LogP contribution in [0.1, 0.15) is 44.2 Å². The molecule has 0 radical (unpaired) electrons. The fraction of sp³-hybridized carbons (Fsp3) is 0.571. The number of hydrogen-bond acceptors (Lipinski definition) is 1. The summed E-state index contributed by atoms with van der Waals surface area (Å²) in [5.74, 6) is 0. The Morgan fingerprint density at radius 3 is 2.71 bits per heavy atom. The van der Waals surface area contributed by atoms with Crippen molar-refractivity contribution in [2.45, 2.75) is 45.6 Å². The molecule has 17 heavy (non-hydrogen) atoms. The van der Waals surface area contributed by atoms with E-state index in [0.29, 0.717) is 6.04 Å². The van der Waals surface area contributed by atoms with Gasteiger partial charge in [-0.1, -0.05) is 31.2 Å². The Morgan fingerprint density at radius 2 is 2.06 bits per heavy atom. The van der Waals surface area contributed by atoms with E-state index >= 15 is 0 Å². The standard InChI is InChI=1S/C14H21F2N/c1-3-9-17-11(2)7-8-12-5-4-6-13(10-12)14(15)16/h4-6,10-11,14,17H,3,7-9H2,1-2H3. The normalized spacial score (nSPS) is 13.0. The van der Waals surface area contributed by atoms with E-state index in [0.717, 1.165) is 31.4 Å². The van der Waals surface area contributed by atoms with Gasteiger partial charge in [0.2, 0.25) is 0 Å². The molecule has 0 saturated carbocycles. The third-order valence-corrected chi connectivity index (χ3v) is 2.81. The number of rotatable bonds is 7. The van der Waals surface area contributed by atoms with Crippen molar-refractivity contribution in [2.24, 2.45) is 0 Å². The molecule has 0 amide bonds. The van der Waals surface area contributed by atoms with Gasteiger partial charge in [0.05, 0.1) is 0 Å². The second kappa shape index (κ2) is 7.38. The Bertz CT molecular complexity index is 326. The smallest absolute Gasteiger partial charge is 0.263 e. The Balaban J connectivity index is 2.43. The predicted molar refractivity (Wildman–Crippen MR) is 67.5 cm³/mol. The third kappa shape index (κ3) is 5.26. The highest BCUT2D eigenvalue weighted by Crippen LogP contribution is 2.20. The zero-order valence-electron chi connectivity index (χ0n) is 10.5. The number of aryl methyl sites for hydroxylation is 1. The highest BCUT2D eigenvalue weighted by molar-refractivity contribution is 5.24. The maximum atomic E-state index is 12.5. The molecular weight excluding hydrogens is 220 g/mol. The Labute approximate surface area is 102 Å². The first-order chi connectivity index (χ1) is 8.13. The van der Waals surface area contributed by atoms with E-state index < -0.39 is 6.43 Å². The van der Waals surface area contributed by atoms with E-state index in [1.165, 1.54) is 6.07 Å². The molecule has 0 aliphatic rings. The van der Waals surface area contributed by atoms with Crippen LogP contribution in [0.2, 0.25) is 0 Å². The molecule has 1 atom stereocenters. The predicted octanol–water partition coefficient (Wildman–Crippen LogP) is 3.94. The largest absolute Gasteiger partial charge is 0.314 e. The quantitative estimate of drug-likeness (QED) is 0.762. The molecule has 1 aromatic rings. The topological polar surface area (TPSA) is 12.0 Å². The molecule has 0 bridgehead atoms. The van der Waals surface area contributed by atoms with Crippen molar-refractivity contribution in [1.82, 2.24) is 5.32 Å². The number of hydrogen-bond donors (Lipinski definition) is 1. The van der Waals surface area contributed by atoms with Gasteiger partial charge in [-0.3, -0.25) is 0 Å². The summed E-state index contributed by atoms with van der Waals surface area (Å²) in [6, 6.07) is 7.15. The van der Waals surface area contributed by atoms with Gasteiger partial charge in [-0.15, -0.1) is 0 Å². The molecule has 1 aromatic carbocycles. The number of benzene rings is 1. The maximum Gasteiger partial charge on any atom is 0.263 e. The Kier molecular flexibility index (Phi) is 6.12. The van der Waals surface area contributed by atoms with Crippen molar-refractivity contribution in [3.63, 3.8) is 0 Å². The number of halogens is 2. The fourth-order valence-corrected chi connectivity index (χ4v) is 1.76. The van der Waals surface area contributed by atoms with Crippen molar-refractivity contribution in [3.8, 4) is 0 Å². The lowest BCUT2D eigenvalue weighted by molar-refractivity contribution is 0.151. The summed E-state index contributed by atoms with van der Waals surface area (Å²) in [5.41, 5.74) is 1.12. The van der Waals surface area contributed by atoms with Crippen LogP contribution in [0.3, 0.4) is 0 Å². The van der Waals surface area contributed by atoms with Crippen LogP contribution < -0.4 is 5.32 Å². The number of nitrogens with one attached hydrogen (secondary N) is 1. The average molecular weight is 241 g/mol. The lowest BCUT2D eigenvalue weighted by Crippen LogP contribution is -2.27. The molecule has 96 valence electrons. The van der Waals surface area contributed by atoms with Crippen LogP contribution in [0, 0.1) is 0 Å². The molecule has 0 aromatic heterocycles. The lowest BCUT2D eigenvalue weighted by atomic mass is 10.0. The van der Waals surface area contributed by atoms with E-state index in [9.17, 15) is 8.78 Å². The van der Waals surface area contributed by atoms with Crippen molar-refractivity contribution >= 4 is 0 Å². The molecule has 3 heteroatoms. The lowest BCUT2D eigenvalue weighted by Gasteiger charge is -2.13. The molecule has 0 heterocycles. The van der Waals surface area contributed by atoms with Gasteiger partial charge in [0.25, 0.3) is 6.43 Å². The molecule has 0 saturated heterocycles. The highest BCUT2D eigenvalue weighted by atomic mass is 19.3. The van der Waals surface area contributed by atoms with Gasteiger partial charge < -0.3 is 5.32 Å². The molecular formula is C14H21F2N. The summed E-state index contributed by atoms with van der Waals surface area (Å²) < 4.78 is 25.0. The van der Waals surface area contributed by atoms with Crippen LogP contribution >= 0.6 is 0 Å². The second-order valence-electron chi connectivity index (χ2n) is 4.44. The van der Waals surface area contributed by atoms with Crippen LogP contribution in [0.4, 0.5) is 8.78 Å². The van der Waals surface area contributed by atoms with E-state index in [1.807, 2.05) is 6.07 Å². The molecule has 0 fully saturated rings. The highest BCUT2D eigenvalue weighted by Gasteiger charge is 2.07. The maximum absolute atomic E-state index is 12.5. The fourth-order valence-electron chi connectivity index (χ4n) is 1.76. The first kappa shape index (κ1) is 14.1. The van der Waals surface area contributed by atoms with E-state index in [2.05, 4.69) is 19.2 Å². The summed E-state index contributed by atoms with van der Waals surface area (Å²) in [6.07, 6.45) is 0.571. The van der Waals surface area contributed by atoms with Gasteiger partial charge in [-0.05, 0) is 38.3 Å². The van der Waals surface area contributed by atoms with Gasteiger partial charge in [0.1, 0.15) is 0 Å². The summed E-state index contributed by atoms with van der Waals surface area (Å²) >= 11 is 0. The first-order valence-corrected chi connectivity index (χ1v) is 6.23. The van der Waals surface area contributed by atoms with E-state index in [4.69, 9.17) is 0 Å². The molecule has 0 spiro atoms. The van der Waals surface area contributed by atoms with Gasteiger partial charge in [0.15, 0.2) is 0 Å². The van der Waals surface area contributed by atoms with Gasteiger partial charge in [-0.2, -0.15) is 0 Å². The van der Waals surface area contributed by atoms with Crippen molar-refractivity contribution in [2.75, 3.05) is 6.54 Å². The molecule has 0 aliphatic heterocycles. The van der Waals surface area contributed by atoms with Crippen LogP contribution in [0.5, 0.6) is 0 Å². The third-order valence-electron chi connectivity index (χ3n) is 2.81. The molecule has 1 unspecified atom stereocenters. The average Bonchev–Trinajstić information content (AvgIpc) is 2.34. The first-order valence-electron chi connectivity index (χ1n) is 6.23. The molecule has 1 nitrogen and oxygen atoms in total. The summed E-state index contributed by atoms with van der Waals surface area (Å²) in [7, 11) is 0. The van der Waals surface area contributed by atoms with Crippen molar-refractivity contribution in [1.29, 1.82) is 0 Å². The summed E-state index contributed by atoms with van der Waals surface area (Å²) in [6.45, 7) is 5.27. The van der Waals surface area contributed by atoms with Gasteiger partial charge >= 0.3 is 0 Å². The zero-order valence-corrected chi connectivity index (χ0v) is 10.5.